The molecular weight excluding hydrogens is 432 g/mol. The molecule has 1 amide bonds. The monoisotopic (exact) mass is 458 g/mol. The van der Waals surface area contributed by atoms with Gasteiger partial charge in [0.15, 0.2) is 4.80 Å². The molecule has 0 atom stereocenters. The highest BCUT2D eigenvalue weighted by molar-refractivity contribution is 7.98. The van der Waals surface area contributed by atoms with Crippen LogP contribution in [0.1, 0.15) is 28.8 Å². The van der Waals surface area contributed by atoms with Crippen LogP contribution in [0.4, 0.5) is 0 Å². The van der Waals surface area contributed by atoms with Gasteiger partial charge in [-0.15, -0.1) is 0 Å². The van der Waals surface area contributed by atoms with E-state index in [9.17, 15) is 9.59 Å². The number of carbonyl (C=O) groups excluding carboxylic acids is 2. The smallest absolute Gasteiger partial charge is 0.337 e. The van der Waals surface area contributed by atoms with Crippen LogP contribution in [0.5, 0.6) is 0 Å². The summed E-state index contributed by atoms with van der Waals surface area (Å²) in [6, 6.07) is 15.7. The van der Waals surface area contributed by atoms with Gasteiger partial charge in [0, 0.05) is 25.8 Å². The van der Waals surface area contributed by atoms with Crippen molar-refractivity contribution in [3.8, 4) is 0 Å². The van der Waals surface area contributed by atoms with Gasteiger partial charge in [0.25, 0.3) is 0 Å². The van der Waals surface area contributed by atoms with Crippen molar-refractivity contribution in [3.05, 3.63) is 64.5 Å². The summed E-state index contributed by atoms with van der Waals surface area (Å²) in [7, 11) is 3.00. The summed E-state index contributed by atoms with van der Waals surface area (Å²) in [4.78, 5) is 29.3. The van der Waals surface area contributed by atoms with Gasteiger partial charge in [0.1, 0.15) is 0 Å². The number of hydrogen-bond donors (Lipinski definition) is 0. The van der Waals surface area contributed by atoms with Gasteiger partial charge in [0.2, 0.25) is 5.91 Å². The minimum atomic E-state index is -0.388. The highest BCUT2D eigenvalue weighted by Crippen LogP contribution is 2.20. The number of ether oxygens (including phenoxy) is 2. The maximum absolute atomic E-state index is 12.5. The van der Waals surface area contributed by atoms with Gasteiger partial charge >= 0.3 is 5.97 Å². The molecule has 0 N–H and O–H groups in total. The average Bonchev–Trinajstić information content (AvgIpc) is 3.13. The highest BCUT2D eigenvalue weighted by Gasteiger charge is 2.12. The molecule has 31 heavy (non-hydrogen) atoms. The highest BCUT2D eigenvalue weighted by atomic mass is 32.2. The van der Waals surface area contributed by atoms with Crippen molar-refractivity contribution in [1.82, 2.24) is 4.57 Å². The lowest BCUT2D eigenvalue weighted by atomic mass is 10.2. The third kappa shape index (κ3) is 6.53. The fraction of sp³-hybridized carbons (Fsp3) is 0.348. The van der Waals surface area contributed by atoms with E-state index in [4.69, 9.17) is 9.47 Å². The Morgan fingerprint density at radius 1 is 1.13 bits per heavy atom. The number of methoxy groups -OCH3 is 2. The van der Waals surface area contributed by atoms with E-state index in [1.54, 1.807) is 19.2 Å². The lowest BCUT2D eigenvalue weighted by Gasteiger charge is -2.05. The van der Waals surface area contributed by atoms with Gasteiger partial charge in [0.05, 0.1) is 29.5 Å². The first kappa shape index (κ1) is 23.2. The molecule has 1 heterocycles. The van der Waals surface area contributed by atoms with Crippen LogP contribution in [0.25, 0.3) is 10.2 Å². The van der Waals surface area contributed by atoms with Crippen LogP contribution in [0.3, 0.4) is 0 Å². The SMILES string of the molecule is COCCn1c(=NC(=O)CCCSCc2ccccc2)sc2cc(C(=O)OC)ccc21. The number of aromatic nitrogens is 1. The predicted molar refractivity (Wildman–Crippen MR) is 125 cm³/mol. The number of amides is 1. The standard InChI is InChI=1S/C23H26N2O4S2/c1-28-13-12-25-19-11-10-18(22(27)29-2)15-20(19)31-23(25)24-21(26)9-6-14-30-16-17-7-4-3-5-8-17/h3-5,7-8,10-11,15H,6,9,12-14,16H2,1-2H3. The molecule has 0 aliphatic heterocycles. The van der Waals surface area contributed by atoms with E-state index >= 15 is 0 Å². The lowest BCUT2D eigenvalue weighted by Crippen LogP contribution is -2.19. The molecule has 164 valence electrons. The van der Waals surface area contributed by atoms with Gasteiger partial charge < -0.3 is 14.0 Å². The second-order valence-corrected chi connectivity index (χ2v) is 8.96. The maximum Gasteiger partial charge on any atom is 0.337 e. The Balaban J connectivity index is 1.68. The van der Waals surface area contributed by atoms with Gasteiger partial charge in [-0.25, -0.2) is 4.79 Å². The third-order valence-electron chi connectivity index (χ3n) is 4.63. The topological polar surface area (TPSA) is 69.9 Å². The van der Waals surface area contributed by atoms with Crippen molar-refractivity contribution < 1.29 is 19.1 Å². The normalized spacial score (nSPS) is 11.7. The molecule has 3 aromatic rings. The van der Waals surface area contributed by atoms with Crippen molar-refractivity contribution in [2.75, 3.05) is 26.6 Å². The fourth-order valence-corrected chi connectivity index (χ4v) is 5.09. The molecule has 0 aliphatic carbocycles. The maximum atomic E-state index is 12.5. The number of fused-ring (bicyclic) bond motifs is 1. The van der Waals surface area contributed by atoms with Gasteiger partial charge in [-0.2, -0.15) is 16.8 Å². The van der Waals surface area contributed by atoms with Crippen LogP contribution in [0.2, 0.25) is 0 Å². The summed E-state index contributed by atoms with van der Waals surface area (Å²) in [5.41, 5.74) is 2.68. The zero-order valence-electron chi connectivity index (χ0n) is 17.7. The van der Waals surface area contributed by atoms with Crippen molar-refractivity contribution >= 4 is 45.2 Å². The van der Waals surface area contributed by atoms with Crippen LogP contribution >= 0.6 is 23.1 Å². The van der Waals surface area contributed by atoms with Gasteiger partial charge in [-0.1, -0.05) is 41.7 Å². The summed E-state index contributed by atoms with van der Waals surface area (Å²) in [5.74, 6) is 1.34. The number of hydrogen-bond acceptors (Lipinski definition) is 6. The molecular formula is C23H26N2O4S2. The van der Waals surface area contributed by atoms with E-state index in [2.05, 4.69) is 17.1 Å². The molecule has 0 spiro atoms. The Morgan fingerprint density at radius 2 is 1.94 bits per heavy atom. The summed E-state index contributed by atoms with van der Waals surface area (Å²) in [6.45, 7) is 1.08. The predicted octanol–water partition coefficient (Wildman–Crippen LogP) is 4.28. The van der Waals surface area contributed by atoms with Crippen LogP contribution in [-0.4, -0.2) is 43.0 Å². The van der Waals surface area contributed by atoms with Crippen LogP contribution in [-0.2, 0) is 26.6 Å². The number of rotatable bonds is 10. The first-order chi connectivity index (χ1) is 15.1. The average molecular weight is 459 g/mol. The number of carbonyl (C=O) groups is 2. The van der Waals surface area contributed by atoms with Crippen molar-refractivity contribution in [1.29, 1.82) is 0 Å². The molecule has 0 saturated carbocycles. The quantitative estimate of drug-likeness (QED) is 0.335. The Labute approximate surface area is 189 Å². The molecule has 3 rings (SSSR count). The second-order valence-electron chi connectivity index (χ2n) is 6.85. The summed E-state index contributed by atoms with van der Waals surface area (Å²) in [6.07, 6.45) is 1.20. The van der Waals surface area contributed by atoms with E-state index < -0.39 is 0 Å². The molecule has 0 bridgehead atoms. The largest absolute Gasteiger partial charge is 0.465 e. The third-order valence-corrected chi connectivity index (χ3v) is 6.79. The Bertz CT molecular complexity index is 1090. The van der Waals surface area contributed by atoms with E-state index in [0.717, 1.165) is 28.1 Å². The molecule has 0 unspecified atom stereocenters. The first-order valence-corrected chi connectivity index (χ1v) is 12.0. The van der Waals surface area contributed by atoms with Crippen molar-refractivity contribution in [2.45, 2.75) is 25.1 Å². The number of esters is 1. The Hall–Kier alpha value is -2.42. The molecule has 0 aliphatic rings. The molecule has 2 aromatic carbocycles. The van der Waals surface area contributed by atoms with Crippen molar-refractivity contribution in [3.63, 3.8) is 0 Å². The van der Waals surface area contributed by atoms with E-state index in [0.29, 0.717) is 29.9 Å². The number of benzene rings is 2. The fourth-order valence-electron chi connectivity index (χ4n) is 3.05. The van der Waals surface area contributed by atoms with Crippen LogP contribution in [0, 0.1) is 0 Å². The summed E-state index contributed by atoms with van der Waals surface area (Å²) >= 11 is 3.21. The zero-order valence-corrected chi connectivity index (χ0v) is 19.3. The molecule has 8 heteroatoms. The van der Waals surface area contributed by atoms with Crippen LogP contribution < -0.4 is 4.80 Å². The first-order valence-electron chi connectivity index (χ1n) is 10.0. The minimum Gasteiger partial charge on any atom is -0.465 e. The minimum absolute atomic E-state index is 0.133. The van der Waals surface area contributed by atoms with Gasteiger partial charge in [-0.3, -0.25) is 4.79 Å². The van der Waals surface area contributed by atoms with Crippen LogP contribution in [0.15, 0.2) is 53.5 Å². The summed E-state index contributed by atoms with van der Waals surface area (Å²) in [5, 5.41) is 0. The van der Waals surface area contributed by atoms with E-state index in [-0.39, 0.29) is 11.9 Å². The Morgan fingerprint density at radius 3 is 2.68 bits per heavy atom. The van der Waals surface area contributed by atoms with E-state index in [1.807, 2.05) is 40.6 Å². The number of thiazole rings is 1. The molecule has 1 aromatic heterocycles. The van der Waals surface area contributed by atoms with E-state index in [1.165, 1.54) is 24.0 Å². The zero-order chi connectivity index (χ0) is 22.1. The lowest BCUT2D eigenvalue weighted by molar-refractivity contribution is -0.118. The summed E-state index contributed by atoms with van der Waals surface area (Å²) < 4.78 is 12.9. The second kappa shape index (κ2) is 11.8. The molecule has 0 saturated heterocycles. The van der Waals surface area contributed by atoms with Gasteiger partial charge in [-0.05, 0) is 35.9 Å². The molecule has 0 radical (unpaired) electrons. The Kier molecular flexibility index (Phi) is 8.87. The van der Waals surface area contributed by atoms with Crippen molar-refractivity contribution in [2.24, 2.45) is 4.99 Å². The number of thioether (sulfide) groups is 1. The molecule has 0 fully saturated rings. The molecule has 6 nitrogen and oxygen atoms in total. The number of nitrogens with zero attached hydrogens (tertiary/aromatic N) is 2.